The van der Waals surface area contributed by atoms with Crippen LogP contribution >= 0.6 is 0 Å². The van der Waals surface area contributed by atoms with Crippen LogP contribution in [-0.4, -0.2) is 57.4 Å². The van der Waals surface area contributed by atoms with Crippen LogP contribution in [0.2, 0.25) is 0 Å². The number of piperazine rings is 1. The fourth-order valence-electron chi connectivity index (χ4n) is 3.55. The molecule has 3 aromatic rings. The maximum atomic E-state index is 13.1. The van der Waals surface area contributed by atoms with Crippen molar-refractivity contribution in [3.63, 3.8) is 0 Å². The molecule has 0 spiro atoms. The van der Waals surface area contributed by atoms with Crippen molar-refractivity contribution in [1.82, 2.24) is 14.5 Å². The third kappa shape index (κ3) is 3.80. The summed E-state index contributed by atoms with van der Waals surface area (Å²) < 4.78 is 14.5. The summed E-state index contributed by atoms with van der Waals surface area (Å²) in [6.07, 6.45) is 1.65. The van der Waals surface area contributed by atoms with Gasteiger partial charge in [0.05, 0.1) is 11.0 Å². The highest BCUT2D eigenvalue weighted by Crippen LogP contribution is 2.23. The van der Waals surface area contributed by atoms with Gasteiger partial charge in [0.25, 0.3) is 5.91 Å². The molecule has 0 unspecified atom stereocenters. The second-order valence-corrected chi connectivity index (χ2v) is 6.93. The molecule has 4 rings (SSSR count). The van der Waals surface area contributed by atoms with E-state index < -0.39 is 5.91 Å². The number of rotatable bonds is 5. The average molecular weight is 370 g/mol. The molecule has 1 aliphatic heterocycles. The number of anilines is 1. The van der Waals surface area contributed by atoms with Crippen molar-refractivity contribution in [2.24, 2.45) is 0 Å². The summed E-state index contributed by atoms with van der Waals surface area (Å²) >= 11 is 0. The molecule has 2 heterocycles. The fraction of sp³-hybridized carbons (Fsp3) is 0.350. The molecule has 0 amide bonds. The minimum Gasteiger partial charge on any atom is -0.369 e. The van der Waals surface area contributed by atoms with E-state index in [2.05, 4.69) is 14.8 Å². The van der Waals surface area contributed by atoms with E-state index in [1.54, 1.807) is 12.1 Å². The van der Waals surface area contributed by atoms with Gasteiger partial charge in [0.2, 0.25) is 0 Å². The SMILES string of the molecule is OC(O)(CCN1CCN(c2ccc(F)cc2)CC1)n1cnc2ccccc21. The number of aliphatic hydroxyl groups is 2. The lowest BCUT2D eigenvalue weighted by Crippen LogP contribution is -2.48. The fourth-order valence-corrected chi connectivity index (χ4v) is 3.55. The number of para-hydroxylation sites is 2. The zero-order valence-electron chi connectivity index (χ0n) is 15.0. The lowest BCUT2D eigenvalue weighted by Gasteiger charge is -2.37. The second-order valence-electron chi connectivity index (χ2n) is 6.93. The predicted molar refractivity (Wildman–Crippen MR) is 102 cm³/mol. The second kappa shape index (κ2) is 7.26. The van der Waals surface area contributed by atoms with E-state index >= 15 is 0 Å². The zero-order chi connectivity index (χ0) is 18.9. The van der Waals surface area contributed by atoms with Gasteiger partial charge in [0.1, 0.15) is 12.1 Å². The monoisotopic (exact) mass is 370 g/mol. The number of halogens is 1. The van der Waals surface area contributed by atoms with Gasteiger partial charge in [0, 0.05) is 44.8 Å². The number of fused-ring (bicyclic) bond motifs is 1. The van der Waals surface area contributed by atoms with Crippen LogP contribution in [0.4, 0.5) is 10.1 Å². The first-order valence-corrected chi connectivity index (χ1v) is 9.13. The van der Waals surface area contributed by atoms with Crippen molar-refractivity contribution in [1.29, 1.82) is 0 Å². The molecule has 6 nitrogen and oxygen atoms in total. The van der Waals surface area contributed by atoms with Crippen LogP contribution in [0.3, 0.4) is 0 Å². The topological polar surface area (TPSA) is 64.8 Å². The normalized spacial score (nSPS) is 16.2. The molecule has 1 aromatic heterocycles. The third-order valence-corrected chi connectivity index (χ3v) is 5.17. The Kier molecular flexibility index (Phi) is 4.82. The summed E-state index contributed by atoms with van der Waals surface area (Å²) in [5.74, 6) is -2.21. The number of benzene rings is 2. The first kappa shape index (κ1) is 17.9. The van der Waals surface area contributed by atoms with Crippen molar-refractivity contribution in [3.05, 3.63) is 60.7 Å². The quantitative estimate of drug-likeness (QED) is 0.673. The van der Waals surface area contributed by atoms with Gasteiger partial charge in [-0.25, -0.2) is 9.37 Å². The molecule has 0 radical (unpaired) electrons. The van der Waals surface area contributed by atoms with Gasteiger partial charge in [-0.1, -0.05) is 12.1 Å². The van der Waals surface area contributed by atoms with E-state index in [4.69, 9.17) is 0 Å². The Balaban J connectivity index is 1.34. The standard InChI is InChI=1S/C20H23FN4O2/c21-16-5-7-17(8-6-16)24-13-11-23(12-14-24)10-9-20(26,27)25-15-22-18-3-1-2-4-19(18)25/h1-8,15,26-27H,9-14H2. The average Bonchev–Trinajstić information content (AvgIpc) is 3.13. The Morgan fingerprint density at radius 2 is 1.67 bits per heavy atom. The van der Waals surface area contributed by atoms with Gasteiger partial charge in [-0.05, 0) is 36.4 Å². The van der Waals surface area contributed by atoms with Gasteiger partial charge >= 0.3 is 0 Å². The molecule has 1 fully saturated rings. The molecule has 2 N–H and O–H groups in total. The molecular weight excluding hydrogens is 347 g/mol. The molecule has 0 atom stereocenters. The van der Waals surface area contributed by atoms with Crippen LogP contribution < -0.4 is 4.90 Å². The molecule has 142 valence electrons. The van der Waals surface area contributed by atoms with Crippen molar-refractivity contribution < 1.29 is 14.6 Å². The molecular formula is C20H23FN4O2. The van der Waals surface area contributed by atoms with E-state index in [-0.39, 0.29) is 12.2 Å². The van der Waals surface area contributed by atoms with Gasteiger partial charge in [-0.15, -0.1) is 0 Å². The summed E-state index contributed by atoms with van der Waals surface area (Å²) in [7, 11) is 0. The molecule has 0 aliphatic carbocycles. The minimum absolute atomic E-state index is 0.184. The van der Waals surface area contributed by atoms with E-state index in [1.807, 2.05) is 24.3 Å². The van der Waals surface area contributed by atoms with Crippen LogP contribution in [0, 0.1) is 5.82 Å². The van der Waals surface area contributed by atoms with E-state index in [9.17, 15) is 14.6 Å². The maximum absolute atomic E-state index is 13.1. The number of hydrogen-bond donors (Lipinski definition) is 2. The Morgan fingerprint density at radius 3 is 2.41 bits per heavy atom. The molecule has 1 saturated heterocycles. The molecule has 0 saturated carbocycles. The number of aromatic nitrogens is 2. The largest absolute Gasteiger partial charge is 0.369 e. The lowest BCUT2D eigenvalue weighted by atomic mass is 10.2. The number of hydrogen-bond acceptors (Lipinski definition) is 5. The van der Waals surface area contributed by atoms with Crippen LogP contribution in [0.25, 0.3) is 11.0 Å². The summed E-state index contributed by atoms with van der Waals surface area (Å²) in [4.78, 5) is 8.65. The van der Waals surface area contributed by atoms with Crippen molar-refractivity contribution in [3.8, 4) is 0 Å². The Hall–Kier alpha value is -2.48. The van der Waals surface area contributed by atoms with Crippen LogP contribution in [0.5, 0.6) is 0 Å². The van der Waals surface area contributed by atoms with E-state index in [0.29, 0.717) is 12.1 Å². The van der Waals surface area contributed by atoms with Gasteiger partial charge in [-0.2, -0.15) is 0 Å². The molecule has 1 aliphatic rings. The minimum atomic E-state index is -1.98. The highest BCUT2D eigenvalue weighted by atomic mass is 19.1. The Labute approximate surface area is 157 Å². The van der Waals surface area contributed by atoms with Crippen molar-refractivity contribution >= 4 is 16.7 Å². The molecule has 27 heavy (non-hydrogen) atoms. The first-order valence-electron chi connectivity index (χ1n) is 9.13. The highest BCUT2D eigenvalue weighted by molar-refractivity contribution is 5.75. The highest BCUT2D eigenvalue weighted by Gasteiger charge is 2.29. The smallest absolute Gasteiger partial charge is 0.253 e. The van der Waals surface area contributed by atoms with Gasteiger partial charge in [-0.3, -0.25) is 9.47 Å². The van der Waals surface area contributed by atoms with Crippen LogP contribution in [0.15, 0.2) is 54.9 Å². The number of imidazole rings is 1. The first-order chi connectivity index (χ1) is 13.0. The Morgan fingerprint density at radius 1 is 0.963 bits per heavy atom. The van der Waals surface area contributed by atoms with Crippen LogP contribution in [0.1, 0.15) is 6.42 Å². The van der Waals surface area contributed by atoms with E-state index in [1.165, 1.54) is 23.0 Å². The van der Waals surface area contributed by atoms with Crippen molar-refractivity contribution in [2.75, 3.05) is 37.6 Å². The molecule has 2 aromatic carbocycles. The predicted octanol–water partition coefficient (Wildman–Crippen LogP) is 1.98. The van der Waals surface area contributed by atoms with E-state index in [0.717, 1.165) is 37.4 Å². The van der Waals surface area contributed by atoms with Crippen molar-refractivity contribution in [2.45, 2.75) is 12.3 Å². The Bertz CT molecular complexity index is 902. The molecule has 0 bridgehead atoms. The molecule has 7 heteroatoms. The summed E-state index contributed by atoms with van der Waals surface area (Å²) in [6, 6.07) is 13.9. The van der Waals surface area contributed by atoms with Gasteiger partial charge < -0.3 is 15.1 Å². The summed E-state index contributed by atoms with van der Waals surface area (Å²) in [6.45, 7) is 3.85. The maximum Gasteiger partial charge on any atom is 0.253 e. The third-order valence-electron chi connectivity index (χ3n) is 5.17. The van der Waals surface area contributed by atoms with Gasteiger partial charge in [0.15, 0.2) is 0 Å². The zero-order valence-corrected chi connectivity index (χ0v) is 15.0. The summed E-state index contributed by atoms with van der Waals surface area (Å²) in [5.41, 5.74) is 2.45. The number of nitrogens with zero attached hydrogens (tertiary/aromatic N) is 4. The lowest BCUT2D eigenvalue weighted by molar-refractivity contribution is -0.232. The van der Waals surface area contributed by atoms with Crippen LogP contribution in [-0.2, 0) is 5.91 Å². The summed E-state index contributed by atoms with van der Waals surface area (Å²) in [5, 5.41) is 21.1.